The molecule has 5 nitrogen and oxygen atoms in total. The van der Waals surface area contributed by atoms with Gasteiger partial charge in [0, 0.05) is 22.9 Å². The smallest absolute Gasteiger partial charge is 0.241 e. The number of nitrogens with zero attached hydrogens (tertiary/aromatic N) is 2. The molecule has 0 aliphatic carbocycles. The van der Waals surface area contributed by atoms with Crippen molar-refractivity contribution in [3.05, 3.63) is 58.6 Å². The number of para-hydroxylation sites is 1. The summed E-state index contributed by atoms with van der Waals surface area (Å²) in [5.74, 6) is -0.134. The van der Waals surface area contributed by atoms with E-state index in [0.717, 1.165) is 17.7 Å². The maximum absolute atomic E-state index is 12.8. The molecule has 27 heavy (non-hydrogen) atoms. The molecule has 2 aromatic carbocycles. The molecule has 0 radical (unpaired) electrons. The first-order valence-corrected chi connectivity index (χ1v) is 9.52. The van der Waals surface area contributed by atoms with Crippen LogP contribution in [0.3, 0.4) is 0 Å². The lowest BCUT2D eigenvalue weighted by Crippen LogP contribution is -2.42. The molecule has 2 aromatic rings. The Kier molecular flexibility index (Phi) is 6.14. The number of aryl methyl sites for hydroxylation is 1. The minimum absolute atomic E-state index is 0.0218. The largest absolute Gasteiger partial charge is 0.325 e. The van der Waals surface area contributed by atoms with Gasteiger partial charge < -0.3 is 10.2 Å². The summed E-state index contributed by atoms with van der Waals surface area (Å²) in [4.78, 5) is 28.8. The van der Waals surface area contributed by atoms with Gasteiger partial charge in [-0.2, -0.15) is 0 Å². The highest BCUT2D eigenvalue weighted by molar-refractivity contribution is 6.31. The Balaban J connectivity index is 1.60. The molecule has 0 saturated carbocycles. The minimum atomic E-state index is -0.156. The van der Waals surface area contributed by atoms with Gasteiger partial charge in [-0.25, -0.2) is 0 Å². The van der Waals surface area contributed by atoms with Crippen molar-refractivity contribution in [3.8, 4) is 0 Å². The van der Waals surface area contributed by atoms with Crippen LogP contribution < -0.4 is 10.2 Å². The van der Waals surface area contributed by atoms with E-state index in [1.807, 2.05) is 47.9 Å². The molecule has 0 bridgehead atoms. The van der Waals surface area contributed by atoms with Crippen molar-refractivity contribution in [1.82, 2.24) is 4.90 Å². The zero-order chi connectivity index (χ0) is 19.4. The Morgan fingerprint density at radius 2 is 1.96 bits per heavy atom. The number of benzene rings is 2. The molecular formula is C21H24ClN3O2. The molecule has 0 spiro atoms. The number of hydrogen-bond acceptors (Lipinski definition) is 3. The Morgan fingerprint density at radius 3 is 2.74 bits per heavy atom. The lowest BCUT2D eigenvalue weighted by Gasteiger charge is -2.24. The second kappa shape index (κ2) is 8.55. The molecular weight excluding hydrogens is 362 g/mol. The summed E-state index contributed by atoms with van der Waals surface area (Å²) in [6, 6.07) is 13.4. The number of anilines is 2. The van der Waals surface area contributed by atoms with Gasteiger partial charge in [-0.3, -0.25) is 14.5 Å². The number of amides is 2. The molecule has 0 aromatic heterocycles. The third-order valence-corrected chi connectivity index (χ3v) is 5.07. The van der Waals surface area contributed by atoms with Crippen LogP contribution in [0.2, 0.25) is 5.02 Å². The monoisotopic (exact) mass is 385 g/mol. The number of rotatable bonds is 6. The molecule has 0 unspecified atom stereocenters. The van der Waals surface area contributed by atoms with Gasteiger partial charge in [0.1, 0.15) is 0 Å². The average Bonchev–Trinajstić information content (AvgIpc) is 3.08. The molecule has 1 aliphatic heterocycles. The van der Waals surface area contributed by atoms with Gasteiger partial charge in [-0.1, -0.05) is 42.8 Å². The fraction of sp³-hybridized carbons (Fsp3) is 0.333. The first kappa shape index (κ1) is 19.4. The number of hydrogen-bond donors (Lipinski definition) is 1. The predicted molar refractivity (Wildman–Crippen MR) is 109 cm³/mol. The molecule has 1 heterocycles. The predicted octanol–water partition coefficient (Wildman–Crippen LogP) is 3.50. The number of fused-ring (bicyclic) bond motifs is 1. The van der Waals surface area contributed by atoms with Gasteiger partial charge in [-0.05, 0) is 49.2 Å². The highest BCUT2D eigenvalue weighted by atomic mass is 35.5. The highest BCUT2D eigenvalue weighted by Gasteiger charge is 2.25. The highest BCUT2D eigenvalue weighted by Crippen LogP contribution is 2.27. The van der Waals surface area contributed by atoms with Crippen LogP contribution in [-0.4, -0.2) is 42.9 Å². The zero-order valence-electron chi connectivity index (χ0n) is 15.7. The van der Waals surface area contributed by atoms with Crippen LogP contribution >= 0.6 is 11.6 Å². The summed E-state index contributed by atoms with van der Waals surface area (Å²) < 4.78 is 0. The number of carbonyl (C=O) groups is 2. The first-order chi connectivity index (χ1) is 13.0. The topological polar surface area (TPSA) is 52.7 Å². The molecule has 1 aliphatic rings. The van der Waals surface area contributed by atoms with Crippen molar-refractivity contribution in [2.75, 3.05) is 36.4 Å². The molecule has 0 fully saturated rings. The van der Waals surface area contributed by atoms with E-state index >= 15 is 0 Å². The van der Waals surface area contributed by atoms with E-state index in [-0.39, 0.29) is 24.9 Å². The summed E-state index contributed by atoms with van der Waals surface area (Å²) in [6.45, 7) is 5.55. The number of nitrogens with one attached hydrogen (secondary N) is 1. The second-order valence-electron chi connectivity index (χ2n) is 6.73. The molecule has 3 rings (SSSR count). The van der Waals surface area contributed by atoms with Crippen molar-refractivity contribution in [1.29, 1.82) is 0 Å². The fourth-order valence-electron chi connectivity index (χ4n) is 3.28. The first-order valence-electron chi connectivity index (χ1n) is 9.14. The van der Waals surface area contributed by atoms with Crippen molar-refractivity contribution < 1.29 is 9.59 Å². The Hall–Kier alpha value is -2.37. The Morgan fingerprint density at radius 1 is 1.19 bits per heavy atom. The molecule has 1 N–H and O–H groups in total. The maximum atomic E-state index is 12.8. The van der Waals surface area contributed by atoms with Crippen molar-refractivity contribution in [3.63, 3.8) is 0 Å². The fourth-order valence-corrected chi connectivity index (χ4v) is 3.45. The van der Waals surface area contributed by atoms with E-state index in [4.69, 9.17) is 11.6 Å². The van der Waals surface area contributed by atoms with E-state index in [1.165, 1.54) is 5.56 Å². The zero-order valence-corrected chi connectivity index (χ0v) is 16.4. The molecule has 2 amide bonds. The summed E-state index contributed by atoms with van der Waals surface area (Å²) in [5, 5.41) is 3.46. The SMILES string of the molecule is CCN(CC(=O)Nc1cc(Cl)ccc1C)CC(=O)N1CCc2ccccc21. The molecule has 6 heteroatoms. The molecule has 0 saturated heterocycles. The third-order valence-electron chi connectivity index (χ3n) is 4.84. The third kappa shape index (κ3) is 4.67. The van der Waals surface area contributed by atoms with Crippen molar-refractivity contribution in [2.24, 2.45) is 0 Å². The lowest BCUT2D eigenvalue weighted by atomic mass is 10.2. The van der Waals surface area contributed by atoms with Crippen molar-refractivity contribution >= 4 is 34.8 Å². The molecule has 0 atom stereocenters. The molecule has 142 valence electrons. The van der Waals surface area contributed by atoms with Gasteiger partial charge in [0.05, 0.1) is 13.1 Å². The van der Waals surface area contributed by atoms with Crippen molar-refractivity contribution in [2.45, 2.75) is 20.3 Å². The number of carbonyl (C=O) groups excluding carboxylic acids is 2. The van der Waals surface area contributed by atoms with E-state index in [1.54, 1.807) is 12.1 Å². The van der Waals surface area contributed by atoms with E-state index in [9.17, 15) is 9.59 Å². The summed E-state index contributed by atoms with van der Waals surface area (Å²) in [7, 11) is 0. The van der Waals surface area contributed by atoms with Crippen LogP contribution in [0, 0.1) is 6.92 Å². The van der Waals surface area contributed by atoms with E-state index in [0.29, 0.717) is 23.8 Å². The lowest BCUT2D eigenvalue weighted by molar-refractivity contribution is -0.121. The van der Waals surface area contributed by atoms with Crippen LogP contribution in [0.5, 0.6) is 0 Å². The van der Waals surface area contributed by atoms with Gasteiger partial charge in [0.25, 0.3) is 0 Å². The summed E-state index contributed by atoms with van der Waals surface area (Å²) >= 11 is 6.00. The van der Waals surface area contributed by atoms with Crippen LogP contribution in [0.1, 0.15) is 18.1 Å². The minimum Gasteiger partial charge on any atom is -0.325 e. The van der Waals surface area contributed by atoms with E-state index < -0.39 is 0 Å². The standard InChI is InChI=1S/C21H24ClN3O2/c1-3-24(13-20(26)23-18-12-17(22)9-8-15(18)2)14-21(27)25-11-10-16-6-4-5-7-19(16)25/h4-9,12H,3,10-11,13-14H2,1-2H3,(H,23,26). The summed E-state index contributed by atoms with van der Waals surface area (Å²) in [6.07, 6.45) is 0.878. The summed E-state index contributed by atoms with van der Waals surface area (Å²) in [5.41, 5.74) is 3.82. The normalized spacial score (nSPS) is 13.0. The van der Waals surface area contributed by atoms with E-state index in [2.05, 4.69) is 11.4 Å². The second-order valence-corrected chi connectivity index (χ2v) is 7.17. The van der Waals surface area contributed by atoms with Crippen LogP contribution in [0.25, 0.3) is 0 Å². The van der Waals surface area contributed by atoms with Gasteiger partial charge in [0.2, 0.25) is 11.8 Å². The maximum Gasteiger partial charge on any atom is 0.241 e. The Bertz CT molecular complexity index is 853. The van der Waals surface area contributed by atoms with Gasteiger partial charge >= 0.3 is 0 Å². The van der Waals surface area contributed by atoms with Crippen LogP contribution in [0.4, 0.5) is 11.4 Å². The van der Waals surface area contributed by atoms with Gasteiger partial charge in [0.15, 0.2) is 0 Å². The quantitative estimate of drug-likeness (QED) is 0.828. The average molecular weight is 386 g/mol. The number of halogens is 1. The number of likely N-dealkylation sites (N-methyl/N-ethyl adjacent to an activating group) is 1. The van der Waals surface area contributed by atoms with Gasteiger partial charge in [-0.15, -0.1) is 0 Å². The van der Waals surface area contributed by atoms with Crippen LogP contribution in [0.15, 0.2) is 42.5 Å². The Labute approximate surface area is 164 Å². The van der Waals surface area contributed by atoms with Crippen LogP contribution in [-0.2, 0) is 16.0 Å².